The van der Waals surface area contributed by atoms with Crippen LogP contribution < -0.4 is 0 Å². The van der Waals surface area contributed by atoms with Gasteiger partial charge < -0.3 is 0 Å². The number of hydrogen-bond donors (Lipinski definition) is 0. The van der Waals surface area contributed by atoms with Gasteiger partial charge in [0.05, 0.1) is 3.38 Å². The molecule has 0 aliphatic rings. The zero-order valence-electron chi connectivity index (χ0n) is 9.95. The van der Waals surface area contributed by atoms with Crippen LogP contribution >= 0.6 is 34.2 Å². The number of hydrogen-bond acceptors (Lipinski definition) is 0. The maximum absolute atomic E-state index is 13.0. The van der Waals surface area contributed by atoms with Crippen LogP contribution in [-0.4, -0.2) is 39.2 Å². The normalized spacial score (nSPS) is 17.3. The van der Waals surface area contributed by atoms with Gasteiger partial charge in [0.2, 0.25) is 0 Å². The summed E-state index contributed by atoms with van der Waals surface area (Å²) < 4.78 is 161. The van der Waals surface area contributed by atoms with Crippen molar-refractivity contribution in [2.24, 2.45) is 0 Å². The predicted molar refractivity (Wildman–Crippen MR) is 59.1 cm³/mol. The molecule has 140 valence electrons. The second-order valence-corrected chi connectivity index (χ2v) is 6.86. The standard InChI is InChI=1S/C8H3ClF13I/c9-2(23)1-3(10,11)4(12,13)5(14,15)6(16,17)7(18,19)8(20,21)22/h2H,1H2. The minimum absolute atomic E-state index is 0.777. The predicted octanol–water partition coefficient (Wildman–Crippen LogP) is 6.12. The Morgan fingerprint density at radius 1 is 0.609 bits per heavy atom. The molecule has 0 aliphatic heterocycles. The maximum atomic E-state index is 13.0. The third-order valence-corrected chi connectivity index (χ3v) is 3.00. The first-order chi connectivity index (χ1) is 9.67. The molecule has 0 radical (unpaired) electrons. The highest BCUT2D eigenvalue weighted by molar-refractivity contribution is 14.1. The summed E-state index contributed by atoms with van der Waals surface area (Å²) in [7, 11) is 0. The molecule has 0 fully saturated rings. The van der Waals surface area contributed by atoms with Crippen LogP contribution in [0.1, 0.15) is 6.42 Å². The number of halogens is 15. The van der Waals surface area contributed by atoms with Crippen LogP contribution in [0.15, 0.2) is 0 Å². The lowest BCUT2D eigenvalue weighted by Crippen LogP contribution is -2.70. The summed E-state index contributed by atoms with van der Waals surface area (Å²) in [5, 5.41) is 0. The summed E-state index contributed by atoms with van der Waals surface area (Å²) in [5.74, 6) is -36.7. The Hall–Kier alpha value is 0.110. The molecule has 0 saturated heterocycles. The van der Waals surface area contributed by atoms with E-state index in [1.807, 2.05) is 0 Å². The second-order valence-electron chi connectivity index (χ2n) is 4.09. The van der Waals surface area contributed by atoms with Crippen molar-refractivity contribution in [1.29, 1.82) is 0 Å². The van der Waals surface area contributed by atoms with Crippen molar-refractivity contribution in [3.8, 4) is 0 Å². The first-order valence-corrected chi connectivity index (χ1v) is 6.59. The Morgan fingerprint density at radius 3 is 1.17 bits per heavy atom. The van der Waals surface area contributed by atoms with Crippen molar-refractivity contribution in [2.45, 2.75) is 45.6 Å². The Labute approximate surface area is 137 Å². The first kappa shape index (κ1) is 23.1. The molecular weight excluding hydrogens is 505 g/mol. The molecular formula is C8H3ClF13I. The highest BCUT2D eigenvalue weighted by Crippen LogP contribution is 2.60. The molecule has 0 heterocycles. The summed E-state index contributed by atoms with van der Waals surface area (Å²) in [6.07, 6.45) is -9.80. The van der Waals surface area contributed by atoms with Crippen LogP contribution in [0.2, 0.25) is 0 Å². The molecule has 0 nitrogen and oxygen atoms in total. The fourth-order valence-corrected chi connectivity index (χ4v) is 1.87. The fourth-order valence-electron chi connectivity index (χ4n) is 1.12. The minimum Gasteiger partial charge on any atom is -0.200 e. The van der Waals surface area contributed by atoms with Crippen LogP contribution in [0.25, 0.3) is 0 Å². The third kappa shape index (κ3) is 3.56. The first-order valence-electron chi connectivity index (χ1n) is 4.91. The molecule has 1 atom stereocenters. The van der Waals surface area contributed by atoms with Crippen molar-refractivity contribution in [1.82, 2.24) is 0 Å². The Kier molecular flexibility index (Phi) is 6.15. The van der Waals surface area contributed by atoms with Gasteiger partial charge in [0.1, 0.15) is 0 Å². The van der Waals surface area contributed by atoms with Crippen molar-refractivity contribution in [2.75, 3.05) is 0 Å². The lowest BCUT2D eigenvalue weighted by atomic mass is 9.93. The van der Waals surface area contributed by atoms with E-state index in [-0.39, 0.29) is 0 Å². The average Bonchev–Trinajstić information content (AvgIpc) is 2.24. The SMILES string of the molecule is FC(F)(F)C(F)(F)C(F)(F)C(F)(F)C(F)(F)C(F)(F)CC(Cl)I. The van der Waals surface area contributed by atoms with E-state index in [1.165, 1.54) is 0 Å². The molecule has 0 aromatic carbocycles. The Morgan fingerprint density at radius 2 is 0.913 bits per heavy atom. The van der Waals surface area contributed by atoms with Gasteiger partial charge in [-0.25, -0.2) is 0 Å². The molecule has 0 saturated carbocycles. The molecule has 0 N–H and O–H groups in total. The average molecular weight is 508 g/mol. The van der Waals surface area contributed by atoms with Crippen LogP contribution in [-0.2, 0) is 0 Å². The summed E-state index contributed by atoms with van der Waals surface area (Å²) in [6.45, 7) is 0. The fraction of sp³-hybridized carbons (Fsp3) is 1.00. The summed E-state index contributed by atoms with van der Waals surface area (Å²) in [6, 6.07) is 0. The van der Waals surface area contributed by atoms with Crippen molar-refractivity contribution in [3.63, 3.8) is 0 Å². The monoisotopic (exact) mass is 508 g/mol. The minimum atomic E-state index is -7.86. The number of alkyl halides is 15. The summed E-state index contributed by atoms with van der Waals surface area (Å²) >= 11 is 5.59. The van der Waals surface area contributed by atoms with Gasteiger partial charge in [0.25, 0.3) is 0 Å². The molecule has 1 unspecified atom stereocenters. The summed E-state index contributed by atoms with van der Waals surface area (Å²) in [5.41, 5.74) is 0. The molecule has 0 spiro atoms. The molecule has 0 rings (SSSR count). The van der Waals surface area contributed by atoms with Gasteiger partial charge in [0, 0.05) is 6.42 Å². The van der Waals surface area contributed by atoms with E-state index in [0.29, 0.717) is 0 Å². The maximum Gasteiger partial charge on any atom is 0.460 e. The molecule has 0 aliphatic carbocycles. The Bertz CT molecular complexity index is 426. The van der Waals surface area contributed by atoms with Crippen molar-refractivity contribution >= 4 is 34.2 Å². The quantitative estimate of drug-likeness (QED) is 0.231. The van der Waals surface area contributed by atoms with E-state index < -0.39 is 45.6 Å². The second kappa shape index (κ2) is 6.12. The van der Waals surface area contributed by atoms with Gasteiger partial charge in [-0.1, -0.05) is 22.6 Å². The third-order valence-electron chi connectivity index (χ3n) is 2.41. The van der Waals surface area contributed by atoms with E-state index in [0.717, 1.165) is 22.6 Å². The smallest absolute Gasteiger partial charge is 0.200 e. The number of rotatable bonds is 6. The van der Waals surface area contributed by atoms with Gasteiger partial charge >= 0.3 is 35.8 Å². The van der Waals surface area contributed by atoms with Gasteiger partial charge in [0.15, 0.2) is 0 Å². The van der Waals surface area contributed by atoms with E-state index in [2.05, 4.69) is 0 Å². The van der Waals surface area contributed by atoms with Crippen LogP contribution in [0.3, 0.4) is 0 Å². The van der Waals surface area contributed by atoms with Crippen molar-refractivity contribution in [3.05, 3.63) is 0 Å². The van der Waals surface area contributed by atoms with E-state index in [4.69, 9.17) is 11.6 Å². The van der Waals surface area contributed by atoms with Crippen LogP contribution in [0.4, 0.5) is 57.1 Å². The van der Waals surface area contributed by atoms with E-state index >= 15 is 0 Å². The molecule has 0 bridgehead atoms. The van der Waals surface area contributed by atoms with Gasteiger partial charge in [-0.2, -0.15) is 57.1 Å². The van der Waals surface area contributed by atoms with E-state index in [9.17, 15) is 57.1 Å². The van der Waals surface area contributed by atoms with Crippen LogP contribution in [0.5, 0.6) is 0 Å². The summed E-state index contributed by atoms with van der Waals surface area (Å²) in [4.78, 5) is 0. The van der Waals surface area contributed by atoms with Gasteiger partial charge in [-0.05, 0) is 0 Å². The largest absolute Gasteiger partial charge is 0.460 e. The topological polar surface area (TPSA) is 0 Å². The highest BCUT2D eigenvalue weighted by atomic mass is 127. The van der Waals surface area contributed by atoms with Gasteiger partial charge in [-0.3, -0.25) is 0 Å². The zero-order valence-corrected chi connectivity index (χ0v) is 12.9. The Balaban J connectivity index is 6.14. The molecule has 0 amide bonds. The van der Waals surface area contributed by atoms with Gasteiger partial charge in [-0.15, -0.1) is 11.6 Å². The molecule has 0 aromatic heterocycles. The van der Waals surface area contributed by atoms with Crippen molar-refractivity contribution < 1.29 is 57.1 Å². The highest BCUT2D eigenvalue weighted by Gasteiger charge is 2.90. The zero-order chi connectivity index (χ0) is 19.3. The lowest BCUT2D eigenvalue weighted by molar-refractivity contribution is -0.439. The molecule has 23 heavy (non-hydrogen) atoms. The molecule has 15 heteroatoms. The van der Waals surface area contributed by atoms with Crippen LogP contribution in [0, 0.1) is 0 Å². The molecule has 0 aromatic rings. The lowest BCUT2D eigenvalue weighted by Gasteiger charge is -2.39. The van der Waals surface area contributed by atoms with E-state index in [1.54, 1.807) is 0 Å².